The van der Waals surface area contributed by atoms with E-state index in [4.69, 9.17) is 16.8 Å². The lowest BCUT2D eigenvalue weighted by Crippen LogP contribution is -2.23. The molecule has 1 N–H and O–H groups in total. The predicted octanol–water partition coefficient (Wildman–Crippen LogP) is 2.03. The molecule has 0 saturated carbocycles. The van der Waals surface area contributed by atoms with Gasteiger partial charge < -0.3 is 10.1 Å². The summed E-state index contributed by atoms with van der Waals surface area (Å²) in [6, 6.07) is 3.68. The van der Waals surface area contributed by atoms with E-state index in [-0.39, 0.29) is 0 Å². The van der Waals surface area contributed by atoms with Gasteiger partial charge in [-0.05, 0) is 11.6 Å². The number of thioether (sulfide) groups is 1. The number of pyridine rings is 1. The summed E-state index contributed by atoms with van der Waals surface area (Å²) in [6.45, 7) is 1.60. The minimum atomic E-state index is 0.491. The Bertz CT molecular complexity index is 368. The normalized spacial score (nSPS) is 18.7. The van der Waals surface area contributed by atoms with Crippen molar-refractivity contribution in [3.05, 3.63) is 29.0 Å². The van der Waals surface area contributed by atoms with Crippen molar-refractivity contribution < 1.29 is 5.21 Å². The van der Waals surface area contributed by atoms with Crippen LogP contribution in [0.2, 0.25) is 5.15 Å². The second-order valence-electron chi connectivity index (χ2n) is 3.14. The van der Waals surface area contributed by atoms with E-state index in [0.717, 1.165) is 17.9 Å². The molecule has 0 spiro atoms. The van der Waals surface area contributed by atoms with E-state index in [9.17, 15) is 0 Å². The lowest BCUT2D eigenvalue weighted by molar-refractivity contribution is 0.306. The van der Waals surface area contributed by atoms with Crippen molar-refractivity contribution >= 4 is 28.5 Å². The first-order valence-corrected chi connectivity index (χ1v) is 5.86. The van der Waals surface area contributed by atoms with Gasteiger partial charge in [-0.1, -0.05) is 34.6 Å². The summed E-state index contributed by atoms with van der Waals surface area (Å²) >= 11 is 7.24. The summed E-state index contributed by atoms with van der Waals surface area (Å²) in [4.78, 5) is 6.01. The van der Waals surface area contributed by atoms with E-state index in [2.05, 4.69) is 10.1 Å². The lowest BCUT2D eigenvalue weighted by Gasteiger charge is -2.16. The molecule has 1 saturated heterocycles. The highest BCUT2D eigenvalue weighted by Gasteiger charge is 2.19. The molecule has 4 nitrogen and oxygen atoms in total. The molecule has 1 aromatic heterocycles. The summed E-state index contributed by atoms with van der Waals surface area (Å²) in [6.07, 6.45) is 1.74. The zero-order valence-electron chi connectivity index (χ0n) is 7.93. The third-order valence-electron chi connectivity index (χ3n) is 2.11. The van der Waals surface area contributed by atoms with Crippen molar-refractivity contribution in [3.63, 3.8) is 0 Å². The van der Waals surface area contributed by atoms with Crippen molar-refractivity contribution in [1.82, 2.24) is 9.88 Å². The summed E-state index contributed by atoms with van der Waals surface area (Å²) in [5.74, 6) is 0.959. The molecule has 2 heterocycles. The van der Waals surface area contributed by atoms with Gasteiger partial charge in [0.25, 0.3) is 0 Å². The van der Waals surface area contributed by atoms with Crippen molar-refractivity contribution in [1.29, 1.82) is 0 Å². The van der Waals surface area contributed by atoms with E-state index in [1.165, 1.54) is 0 Å². The molecule has 1 aliphatic rings. The van der Waals surface area contributed by atoms with Crippen LogP contribution in [0.1, 0.15) is 5.56 Å². The lowest BCUT2D eigenvalue weighted by atomic mass is 10.3. The highest BCUT2D eigenvalue weighted by molar-refractivity contribution is 8.14. The van der Waals surface area contributed by atoms with Crippen LogP contribution in [0.15, 0.2) is 23.5 Å². The Hall–Kier alpha value is -0.940. The van der Waals surface area contributed by atoms with Crippen LogP contribution in [0.3, 0.4) is 0 Å². The standard InChI is InChI=1S/C9H10ClN3OS/c10-8-2-1-7(5-11-8)6-13-3-4-15-9(13)12-14/h1-2,5,14H,3-4,6H2. The Morgan fingerprint density at radius 1 is 1.60 bits per heavy atom. The molecule has 0 unspecified atom stereocenters. The van der Waals surface area contributed by atoms with E-state index >= 15 is 0 Å². The topological polar surface area (TPSA) is 48.7 Å². The molecule has 1 fully saturated rings. The van der Waals surface area contributed by atoms with E-state index in [1.54, 1.807) is 24.0 Å². The van der Waals surface area contributed by atoms with Crippen LogP contribution in [0, 0.1) is 0 Å². The average Bonchev–Trinajstić information content (AvgIpc) is 2.69. The monoisotopic (exact) mass is 243 g/mol. The van der Waals surface area contributed by atoms with Crippen LogP contribution in [0.4, 0.5) is 0 Å². The number of hydrogen-bond acceptors (Lipinski definition) is 4. The van der Waals surface area contributed by atoms with Crippen molar-refractivity contribution in [2.45, 2.75) is 6.54 Å². The van der Waals surface area contributed by atoms with Gasteiger partial charge in [0.1, 0.15) is 5.15 Å². The first-order valence-electron chi connectivity index (χ1n) is 4.50. The zero-order valence-corrected chi connectivity index (χ0v) is 9.50. The molecular weight excluding hydrogens is 234 g/mol. The molecule has 1 aromatic rings. The molecule has 80 valence electrons. The Morgan fingerprint density at radius 2 is 2.47 bits per heavy atom. The number of aromatic nitrogens is 1. The van der Waals surface area contributed by atoms with Crippen LogP contribution in [-0.2, 0) is 6.54 Å². The number of amidine groups is 1. The molecule has 2 rings (SSSR count). The van der Waals surface area contributed by atoms with E-state index < -0.39 is 0 Å². The fraction of sp³-hybridized carbons (Fsp3) is 0.333. The highest BCUT2D eigenvalue weighted by Crippen LogP contribution is 2.20. The first-order chi connectivity index (χ1) is 7.29. The van der Waals surface area contributed by atoms with Crippen molar-refractivity contribution in [3.8, 4) is 0 Å². The molecule has 0 bridgehead atoms. The molecule has 0 radical (unpaired) electrons. The minimum Gasteiger partial charge on any atom is -0.409 e. The number of oxime groups is 1. The van der Waals surface area contributed by atoms with Crippen LogP contribution in [0.5, 0.6) is 0 Å². The van der Waals surface area contributed by atoms with Crippen molar-refractivity contribution in [2.24, 2.45) is 5.16 Å². The quantitative estimate of drug-likeness (QED) is 0.491. The second kappa shape index (κ2) is 4.72. The fourth-order valence-electron chi connectivity index (χ4n) is 1.39. The Morgan fingerprint density at radius 3 is 3.13 bits per heavy atom. The fourth-order valence-corrected chi connectivity index (χ4v) is 2.40. The van der Waals surface area contributed by atoms with Crippen LogP contribution >= 0.6 is 23.4 Å². The molecule has 6 heteroatoms. The van der Waals surface area contributed by atoms with Gasteiger partial charge in [0.15, 0.2) is 0 Å². The van der Waals surface area contributed by atoms with Gasteiger partial charge in [0.05, 0.1) is 0 Å². The van der Waals surface area contributed by atoms with E-state index in [0.29, 0.717) is 16.9 Å². The summed E-state index contributed by atoms with van der Waals surface area (Å²) < 4.78 is 0. The second-order valence-corrected chi connectivity index (χ2v) is 4.59. The minimum absolute atomic E-state index is 0.491. The van der Waals surface area contributed by atoms with E-state index in [1.807, 2.05) is 11.0 Å². The zero-order chi connectivity index (χ0) is 10.7. The molecular formula is C9H10ClN3OS. The SMILES string of the molecule is ON=C1SCCN1Cc1ccc(Cl)nc1. The van der Waals surface area contributed by atoms with Gasteiger partial charge in [-0.25, -0.2) is 4.98 Å². The predicted molar refractivity (Wildman–Crippen MR) is 61.3 cm³/mol. The smallest absolute Gasteiger partial charge is 0.202 e. The van der Waals surface area contributed by atoms with Crippen molar-refractivity contribution in [2.75, 3.05) is 12.3 Å². The number of nitrogens with zero attached hydrogens (tertiary/aromatic N) is 3. The molecule has 0 aliphatic carbocycles. The highest BCUT2D eigenvalue weighted by atomic mass is 35.5. The molecule has 15 heavy (non-hydrogen) atoms. The molecule has 0 aromatic carbocycles. The maximum atomic E-state index is 8.75. The Kier molecular flexibility index (Phi) is 3.33. The van der Waals surface area contributed by atoms with Crippen LogP contribution < -0.4 is 0 Å². The first kappa shape index (κ1) is 10.6. The number of halogens is 1. The maximum absolute atomic E-state index is 8.75. The van der Waals surface area contributed by atoms with Crippen LogP contribution in [0.25, 0.3) is 0 Å². The molecule has 1 aliphatic heterocycles. The summed E-state index contributed by atoms with van der Waals surface area (Å²) in [5, 5.41) is 13.2. The van der Waals surface area contributed by atoms with Gasteiger partial charge in [0.2, 0.25) is 5.17 Å². The largest absolute Gasteiger partial charge is 0.409 e. The molecule has 0 atom stereocenters. The third kappa shape index (κ3) is 2.54. The summed E-state index contributed by atoms with van der Waals surface area (Å²) in [5.41, 5.74) is 1.06. The number of hydrogen-bond donors (Lipinski definition) is 1. The number of rotatable bonds is 2. The van der Waals surface area contributed by atoms with Gasteiger partial charge in [-0.15, -0.1) is 0 Å². The van der Waals surface area contributed by atoms with Gasteiger partial charge in [-0.2, -0.15) is 0 Å². The Labute approximate surface area is 96.9 Å². The Balaban J connectivity index is 2.05. The van der Waals surface area contributed by atoms with Gasteiger partial charge in [0, 0.05) is 25.0 Å². The molecule has 0 amide bonds. The van der Waals surface area contributed by atoms with Gasteiger partial charge >= 0.3 is 0 Å². The van der Waals surface area contributed by atoms with Crippen LogP contribution in [-0.4, -0.2) is 32.6 Å². The summed E-state index contributed by atoms with van der Waals surface area (Å²) in [7, 11) is 0. The maximum Gasteiger partial charge on any atom is 0.202 e. The van der Waals surface area contributed by atoms with Gasteiger partial charge in [-0.3, -0.25) is 0 Å². The third-order valence-corrected chi connectivity index (χ3v) is 3.32. The average molecular weight is 244 g/mol.